The van der Waals surface area contributed by atoms with Gasteiger partial charge in [-0.3, -0.25) is 4.90 Å². The van der Waals surface area contributed by atoms with Gasteiger partial charge in [0.25, 0.3) is 0 Å². The zero-order valence-corrected chi connectivity index (χ0v) is 21.6. The Morgan fingerprint density at radius 3 is 1.11 bits per heavy atom. The molecule has 0 atom stereocenters. The molecule has 0 N–H and O–H groups in total. The van der Waals surface area contributed by atoms with Crippen LogP contribution in [0.25, 0.3) is 0 Å². The third-order valence-electron chi connectivity index (χ3n) is 1.70. The predicted molar refractivity (Wildman–Crippen MR) is 41.9 cm³/mol. The van der Waals surface area contributed by atoms with Crippen molar-refractivity contribution >= 4 is 15.2 Å². The van der Waals surface area contributed by atoms with Gasteiger partial charge in [0.2, 0.25) is 0 Å². The summed E-state index contributed by atoms with van der Waals surface area (Å²) >= 11 is 0. The van der Waals surface area contributed by atoms with Crippen molar-refractivity contribution in [2.75, 3.05) is 13.1 Å². The molecule has 7 nitrogen and oxygen atoms in total. The second-order valence-corrected chi connectivity index (χ2v) is 6.19. The monoisotopic (exact) mass is 335 g/mol. The van der Waals surface area contributed by atoms with Crippen LogP contribution in [0.3, 0.4) is 0 Å². The number of rotatable bonds is 5. The Morgan fingerprint density at radius 2 is 1.06 bits per heavy atom. The molecule has 0 heterocycles. The Hall–Kier alpha value is 4.26. The summed E-state index contributed by atoms with van der Waals surface area (Å²) in [5.41, 5.74) is -2.47. The Labute approximate surface area is 196 Å². The Kier molecular flexibility index (Phi) is 27.8. The second kappa shape index (κ2) is 14.8. The van der Waals surface area contributed by atoms with Crippen LogP contribution in [0.1, 0.15) is 13.8 Å². The third-order valence-corrected chi connectivity index (χ3v) is 5.19. The van der Waals surface area contributed by atoms with Crippen LogP contribution in [-0.2, 0) is 9.13 Å². The van der Waals surface area contributed by atoms with Crippen molar-refractivity contribution in [3.05, 3.63) is 0 Å². The molecule has 0 aliphatic rings. The zero-order chi connectivity index (χ0) is 11.6. The summed E-state index contributed by atoms with van der Waals surface area (Å²) in [5, 5.41) is 0. The smallest absolute Gasteiger partial charge is 0.809 e. The fourth-order valence-electron chi connectivity index (χ4n) is 1.12. The Bertz CT molecular complexity index is 257. The van der Waals surface area contributed by atoms with Crippen molar-refractivity contribution in [3.8, 4) is 0 Å². The van der Waals surface area contributed by atoms with Crippen molar-refractivity contribution in [1.82, 2.24) is 4.90 Å². The molecule has 0 aliphatic carbocycles. The van der Waals surface area contributed by atoms with Gasteiger partial charge in [-0.1, -0.05) is 13.8 Å². The van der Waals surface area contributed by atoms with E-state index >= 15 is 0 Å². The first-order valence-electron chi connectivity index (χ1n) is 3.92. The van der Waals surface area contributed by atoms with Gasteiger partial charge in [-0.05, 0) is 28.3 Å². The van der Waals surface area contributed by atoms with Crippen molar-refractivity contribution in [1.29, 1.82) is 0 Å². The molecule has 13 heteroatoms. The summed E-state index contributed by atoms with van der Waals surface area (Å²) in [6, 6.07) is 0. The van der Waals surface area contributed by atoms with E-state index in [1.165, 1.54) is 13.8 Å². The molecule has 0 unspecified atom stereocenters. The molecule has 0 aromatic carbocycles. The van der Waals surface area contributed by atoms with E-state index < -0.39 is 20.7 Å². The molecule has 86 valence electrons. The number of nitrogens with zero attached hydrogens (tertiary/aromatic N) is 1. The summed E-state index contributed by atoms with van der Waals surface area (Å²) < 4.78 is 21.2. The molecule has 0 saturated heterocycles. The largest absolute Gasteiger partial charge is 1.00 e. The molecule has 18 heavy (non-hydrogen) atoms. The van der Waals surface area contributed by atoms with Gasteiger partial charge >= 0.3 is 118 Å². The van der Waals surface area contributed by atoms with Crippen LogP contribution in [0.5, 0.6) is 0 Å². The van der Waals surface area contributed by atoms with Crippen LogP contribution >= 0.6 is 15.2 Å². The van der Waals surface area contributed by atoms with Crippen molar-refractivity contribution in [3.63, 3.8) is 0 Å². The van der Waals surface area contributed by atoms with E-state index in [0.29, 0.717) is 0 Å². The SMILES string of the molecule is CCN(CC)C(P(=O)([O-])[O-])P(=O)([O-])[O-].[Na+].[Na+].[Na+].[Na+]. The normalized spacial score (nSPS) is 10.9. The molecule has 0 spiro atoms. The van der Waals surface area contributed by atoms with E-state index in [-0.39, 0.29) is 131 Å². The predicted octanol–water partition coefficient (Wildman–Crippen LogP) is -14.5. The van der Waals surface area contributed by atoms with E-state index in [9.17, 15) is 28.7 Å². The first kappa shape index (κ1) is 33.8. The molecule has 0 saturated carbocycles. The maximum absolute atomic E-state index is 10.6. The summed E-state index contributed by atoms with van der Waals surface area (Å²) in [4.78, 5) is 43.2. The van der Waals surface area contributed by atoms with Gasteiger partial charge in [0.15, 0.2) is 0 Å². The molecular formula is C5H11NNa4O6P2. The maximum Gasteiger partial charge on any atom is 1.00 e. The molecule has 0 amide bonds. The fraction of sp³-hybridized carbons (Fsp3) is 1.00. The van der Waals surface area contributed by atoms with Gasteiger partial charge in [-0.15, -0.1) is 0 Å². The van der Waals surface area contributed by atoms with Gasteiger partial charge in [-0.25, -0.2) is 0 Å². The minimum absolute atomic E-state index is 0. The Morgan fingerprint density at radius 1 is 0.833 bits per heavy atom. The van der Waals surface area contributed by atoms with Crippen LogP contribution in [0, 0.1) is 0 Å². The fourth-order valence-corrected chi connectivity index (χ4v) is 3.96. The molecular weight excluding hydrogens is 324 g/mol. The third kappa shape index (κ3) is 12.8. The second-order valence-electron chi connectivity index (χ2n) is 2.65. The summed E-state index contributed by atoms with van der Waals surface area (Å²) in [6.07, 6.45) is 0. The quantitative estimate of drug-likeness (QED) is 0.360. The van der Waals surface area contributed by atoms with E-state index in [2.05, 4.69) is 0 Å². The van der Waals surface area contributed by atoms with Gasteiger partial charge in [0.1, 0.15) is 0 Å². The van der Waals surface area contributed by atoms with Crippen LogP contribution in [0.15, 0.2) is 0 Å². The molecule has 0 radical (unpaired) electrons. The molecule has 0 aliphatic heterocycles. The van der Waals surface area contributed by atoms with Gasteiger partial charge < -0.3 is 28.7 Å². The summed E-state index contributed by atoms with van der Waals surface area (Å²) in [7, 11) is -10.9. The first-order valence-corrected chi connectivity index (χ1v) is 7.14. The standard InChI is InChI=1S/C5H15NO6P2.4Na/c1-3-6(4-2)5(13(7,8)9)14(10,11)12;;;;/h5H,3-4H2,1-2H3,(H2,7,8,9)(H2,10,11,12);;;;/q;4*+1/p-4. The Balaban J connectivity index is -0.000000141. The molecule has 0 aromatic heterocycles. The van der Waals surface area contributed by atoms with Gasteiger partial charge in [-0.2, -0.15) is 0 Å². The number of hydrogen-bond donors (Lipinski definition) is 0. The first-order chi connectivity index (χ1) is 6.14. The van der Waals surface area contributed by atoms with Crippen molar-refractivity contribution in [2.45, 2.75) is 19.4 Å². The van der Waals surface area contributed by atoms with E-state index in [1.807, 2.05) is 0 Å². The van der Waals surface area contributed by atoms with Crippen molar-refractivity contribution in [2.24, 2.45) is 0 Å². The minimum Gasteiger partial charge on any atom is -0.809 e. The van der Waals surface area contributed by atoms with Crippen LogP contribution in [0.2, 0.25) is 0 Å². The van der Waals surface area contributed by atoms with Crippen LogP contribution in [0.4, 0.5) is 0 Å². The molecule has 0 aromatic rings. The summed E-state index contributed by atoms with van der Waals surface area (Å²) in [6.45, 7) is 2.93. The van der Waals surface area contributed by atoms with Crippen LogP contribution < -0.4 is 138 Å². The average molecular weight is 335 g/mol. The van der Waals surface area contributed by atoms with E-state index in [0.717, 1.165) is 4.90 Å². The van der Waals surface area contributed by atoms with Crippen molar-refractivity contribution < 1.29 is 147 Å². The van der Waals surface area contributed by atoms with Gasteiger partial charge in [0, 0.05) is 0 Å². The summed E-state index contributed by atoms with van der Waals surface area (Å²) in [5.74, 6) is 0. The zero-order valence-electron chi connectivity index (χ0n) is 11.8. The topological polar surface area (TPSA) is 130 Å². The number of hydrogen-bond acceptors (Lipinski definition) is 7. The van der Waals surface area contributed by atoms with Crippen LogP contribution in [-0.4, -0.2) is 23.5 Å². The molecule has 0 rings (SSSR count). The molecule has 0 fully saturated rings. The minimum atomic E-state index is -5.45. The molecule has 0 bridgehead atoms. The average Bonchev–Trinajstić information content (AvgIpc) is 1.94. The maximum atomic E-state index is 10.6. The van der Waals surface area contributed by atoms with Gasteiger partial charge in [0.05, 0.1) is 5.52 Å². The van der Waals surface area contributed by atoms with E-state index in [1.54, 1.807) is 0 Å². The van der Waals surface area contributed by atoms with E-state index in [4.69, 9.17) is 0 Å².